The van der Waals surface area contributed by atoms with E-state index in [1.54, 1.807) is 6.21 Å². The highest BCUT2D eigenvalue weighted by atomic mass is 35.5. The number of benzene rings is 2. The van der Waals surface area contributed by atoms with Crippen molar-refractivity contribution in [3.63, 3.8) is 0 Å². The van der Waals surface area contributed by atoms with Gasteiger partial charge in [-0.2, -0.15) is 10.1 Å². The van der Waals surface area contributed by atoms with Crippen LogP contribution in [0.15, 0.2) is 65.8 Å². The number of ether oxygens (including phenoxy) is 1. The van der Waals surface area contributed by atoms with Crippen LogP contribution in [0.5, 0.6) is 5.75 Å². The first-order chi connectivity index (χ1) is 15.1. The smallest absolute Gasteiger partial charge is 0.254 e. The van der Waals surface area contributed by atoms with Crippen LogP contribution in [-0.2, 0) is 16.2 Å². The first-order valence-electron chi connectivity index (χ1n) is 10.7. The summed E-state index contributed by atoms with van der Waals surface area (Å²) in [7, 11) is 0. The Morgan fingerprint density at radius 3 is 2.42 bits per heavy atom. The Kier molecular flexibility index (Phi) is 4.29. The number of nitrogens with zero attached hydrogens (tertiary/aromatic N) is 2. The molecule has 1 saturated heterocycles. The highest BCUT2D eigenvalue weighted by Crippen LogP contribution is 2.65. The van der Waals surface area contributed by atoms with Gasteiger partial charge in [-0.05, 0) is 53.9 Å². The van der Waals surface area contributed by atoms with Crippen molar-refractivity contribution in [2.45, 2.75) is 13.0 Å². The van der Waals surface area contributed by atoms with Gasteiger partial charge in [0.25, 0.3) is 11.8 Å². The van der Waals surface area contributed by atoms with Crippen LogP contribution in [0.4, 0.5) is 0 Å². The number of allylic oxidation sites excluding steroid dienone is 2. The number of amides is 2. The molecule has 5 aliphatic rings. The van der Waals surface area contributed by atoms with Crippen LogP contribution in [-0.4, -0.2) is 23.0 Å². The van der Waals surface area contributed by atoms with Crippen LogP contribution >= 0.6 is 11.6 Å². The third-order valence-electron chi connectivity index (χ3n) is 7.17. The Bertz CT molecular complexity index is 1110. The lowest BCUT2D eigenvalue weighted by Gasteiger charge is -2.37. The van der Waals surface area contributed by atoms with Crippen molar-refractivity contribution in [3.05, 3.63) is 76.8 Å². The maximum Gasteiger partial charge on any atom is 0.254 e. The summed E-state index contributed by atoms with van der Waals surface area (Å²) < 4.78 is 5.86. The fourth-order valence-corrected chi connectivity index (χ4v) is 5.83. The molecular formula is C25H21ClN2O3. The van der Waals surface area contributed by atoms with Crippen molar-refractivity contribution in [2.75, 3.05) is 0 Å². The van der Waals surface area contributed by atoms with Gasteiger partial charge in [0.05, 0.1) is 18.1 Å². The highest BCUT2D eigenvalue weighted by molar-refractivity contribution is 6.31. The van der Waals surface area contributed by atoms with E-state index in [-0.39, 0.29) is 35.5 Å². The van der Waals surface area contributed by atoms with Crippen LogP contribution in [0.1, 0.15) is 17.5 Å². The average Bonchev–Trinajstić information content (AvgIpc) is 3.57. The number of hydrogen-bond acceptors (Lipinski definition) is 4. The van der Waals surface area contributed by atoms with Crippen LogP contribution in [0, 0.1) is 35.5 Å². The number of hydrazone groups is 1. The quantitative estimate of drug-likeness (QED) is 0.402. The summed E-state index contributed by atoms with van der Waals surface area (Å²) in [5, 5.41) is 6.06. The largest absolute Gasteiger partial charge is 0.489 e. The summed E-state index contributed by atoms with van der Waals surface area (Å²) in [6.07, 6.45) is 7.04. The minimum Gasteiger partial charge on any atom is -0.489 e. The second-order valence-corrected chi connectivity index (χ2v) is 9.25. The molecule has 2 aromatic rings. The average molecular weight is 433 g/mol. The summed E-state index contributed by atoms with van der Waals surface area (Å²) in [6.45, 7) is 0.352. The molecule has 7 rings (SSSR count). The zero-order valence-corrected chi connectivity index (χ0v) is 17.5. The van der Waals surface area contributed by atoms with Gasteiger partial charge in [-0.3, -0.25) is 9.59 Å². The molecule has 5 nitrogen and oxygen atoms in total. The molecule has 0 radical (unpaired) electrons. The molecule has 1 heterocycles. The Hall–Kier alpha value is -2.92. The van der Waals surface area contributed by atoms with E-state index in [4.69, 9.17) is 16.3 Å². The van der Waals surface area contributed by atoms with Gasteiger partial charge >= 0.3 is 0 Å². The van der Waals surface area contributed by atoms with E-state index in [0.29, 0.717) is 29.2 Å². The summed E-state index contributed by atoms with van der Waals surface area (Å²) in [5.41, 5.74) is 1.66. The van der Waals surface area contributed by atoms with Crippen LogP contribution in [0.2, 0.25) is 5.02 Å². The number of hydrogen-bond donors (Lipinski definition) is 0. The molecule has 0 unspecified atom stereocenters. The number of halogens is 1. The minimum atomic E-state index is -0.228. The van der Waals surface area contributed by atoms with Crippen LogP contribution in [0.25, 0.3) is 0 Å². The fraction of sp³-hybridized carbons (Fsp3) is 0.320. The molecule has 0 spiro atoms. The van der Waals surface area contributed by atoms with E-state index in [9.17, 15) is 9.59 Å². The zero-order chi connectivity index (χ0) is 21.1. The third-order valence-corrected chi connectivity index (χ3v) is 7.54. The van der Waals surface area contributed by atoms with Gasteiger partial charge < -0.3 is 4.74 Å². The molecular weight excluding hydrogens is 412 g/mol. The van der Waals surface area contributed by atoms with Crippen molar-refractivity contribution in [3.8, 4) is 5.75 Å². The second kappa shape index (κ2) is 7.06. The summed E-state index contributed by atoms with van der Waals surface area (Å²) in [6, 6.07) is 15.0. The lowest BCUT2D eigenvalue weighted by Crippen LogP contribution is -2.40. The first-order valence-corrected chi connectivity index (χ1v) is 11.1. The Morgan fingerprint density at radius 2 is 1.71 bits per heavy atom. The van der Waals surface area contributed by atoms with Gasteiger partial charge in [0.15, 0.2) is 0 Å². The number of imide groups is 1. The van der Waals surface area contributed by atoms with E-state index in [2.05, 4.69) is 17.3 Å². The van der Waals surface area contributed by atoms with Crippen molar-refractivity contribution < 1.29 is 14.3 Å². The van der Waals surface area contributed by atoms with E-state index in [0.717, 1.165) is 22.6 Å². The van der Waals surface area contributed by atoms with E-state index in [1.165, 1.54) is 0 Å². The monoisotopic (exact) mass is 432 g/mol. The number of rotatable bonds is 5. The third kappa shape index (κ3) is 3.02. The van der Waals surface area contributed by atoms with Crippen LogP contribution < -0.4 is 4.74 Å². The number of carbonyl (C=O) groups excluding carboxylic acids is 2. The minimum absolute atomic E-state index is 0.151. The predicted molar refractivity (Wildman–Crippen MR) is 116 cm³/mol. The molecule has 31 heavy (non-hydrogen) atoms. The Morgan fingerprint density at radius 1 is 1.00 bits per heavy atom. The SMILES string of the molecule is O=C1[C@@H]2[C@H]3C=C[C@@H]([C@@H]4C[C@@H]34)[C@@H]2C(=O)N1/N=C\c1cccc(OCc2ccccc2Cl)c1. The van der Waals surface area contributed by atoms with Gasteiger partial charge in [0, 0.05) is 10.6 Å². The lowest BCUT2D eigenvalue weighted by molar-refractivity contribution is -0.140. The van der Waals surface area contributed by atoms with E-state index < -0.39 is 0 Å². The molecule has 1 aliphatic heterocycles. The maximum atomic E-state index is 13.0. The zero-order valence-electron chi connectivity index (χ0n) is 16.7. The van der Waals surface area contributed by atoms with Gasteiger partial charge in [-0.1, -0.05) is 54.1 Å². The molecule has 6 heteroatoms. The van der Waals surface area contributed by atoms with Gasteiger partial charge in [0.2, 0.25) is 0 Å². The topological polar surface area (TPSA) is 59.0 Å². The summed E-state index contributed by atoms with van der Waals surface area (Å²) in [4.78, 5) is 26.0. The maximum absolute atomic E-state index is 13.0. The second-order valence-electron chi connectivity index (χ2n) is 8.84. The molecule has 0 aromatic heterocycles. The fourth-order valence-electron chi connectivity index (χ4n) is 5.64. The summed E-state index contributed by atoms with van der Waals surface area (Å²) in [5.74, 6) is 1.50. The first kappa shape index (κ1) is 18.8. The Labute approximate surface area is 185 Å². The molecule has 2 bridgehead atoms. The van der Waals surface area contributed by atoms with Gasteiger partial charge in [-0.25, -0.2) is 0 Å². The van der Waals surface area contributed by atoms with Crippen molar-refractivity contribution in [2.24, 2.45) is 40.6 Å². The van der Waals surface area contributed by atoms with Gasteiger partial charge in [-0.15, -0.1) is 0 Å². The standard InChI is InChI=1S/C25H21ClN2O3/c26-21-7-2-1-5-15(21)13-31-16-6-3-4-14(10-16)12-27-28-24(29)22-17-8-9-18(20-11-19(17)20)23(22)25(28)30/h1-10,12,17-20,22-23H,11,13H2/b27-12-/t17-,18-,19-,20-,22-,23+/m0/s1. The molecule has 3 fully saturated rings. The molecule has 4 aliphatic carbocycles. The highest BCUT2D eigenvalue weighted by Gasteiger charge is 2.67. The predicted octanol–water partition coefficient (Wildman–Crippen LogP) is 4.31. The van der Waals surface area contributed by atoms with Gasteiger partial charge in [0.1, 0.15) is 12.4 Å². The van der Waals surface area contributed by atoms with Crippen molar-refractivity contribution in [1.29, 1.82) is 0 Å². The van der Waals surface area contributed by atoms with E-state index in [1.807, 2.05) is 48.5 Å². The van der Waals surface area contributed by atoms with E-state index >= 15 is 0 Å². The molecule has 6 atom stereocenters. The lowest BCUT2D eigenvalue weighted by atomic mass is 9.63. The summed E-state index contributed by atoms with van der Waals surface area (Å²) >= 11 is 6.18. The van der Waals surface area contributed by atoms with Crippen molar-refractivity contribution >= 4 is 29.6 Å². The Balaban J connectivity index is 1.17. The number of carbonyl (C=O) groups is 2. The molecule has 2 aromatic carbocycles. The molecule has 156 valence electrons. The molecule has 2 saturated carbocycles. The molecule has 0 N–H and O–H groups in total. The van der Waals surface area contributed by atoms with Crippen molar-refractivity contribution in [1.82, 2.24) is 5.01 Å². The van der Waals surface area contributed by atoms with Crippen LogP contribution in [0.3, 0.4) is 0 Å². The normalized spacial score (nSPS) is 32.5. The molecule has 2 amide bonds.